The van der Waals surface area contributed by atoms with Crippen molar-refractivity contribution in [1.29, 1.82) is 0 Å². The summed E-state index contributed by atoms with van der Waals surface area (Å²) in [5, 5.41) is 18.3. The van der Waals surface area contributed by atoms with Crippen molar-refractivity contribution in [2.24, 2.45) is 0 Å². The fourth-order valence-electron chi connectivity index (χ4n) is 2.67. The molecule has 142 valence electrons. The predicted molar refractivity (Wildman–Crippen MR) is 110 cm³/mol. The van der Waals surface area contributed by atoms with Gasteiger partial charge in [0.15, 0.2) is 0 Å². The van der Waals surface area contributed by atoms with Gasteiger partial charge in [0.05, 0.1) is 13.7 Å². The number of carbonyl (C=O) groups is 1. The first kappa shape index (κ1) is 18.3. The molecule has 0 aliphatic heterocycles. The van der Waals surface area contributed by atoms with Crippen molar-refractivity contribution in [3.05, 3.63) is 63.5 Å². The summed E-state index contributed by atoms with van der Waals surface area (Å²) in [6.07, 6.45) is 0. The molecule has 4 aromatic rings. The van der Waals surface area contributed by atoms with Gasteiger partial charge in [-0.25, -0.2) is 0 Å². The quantitative estimate of drug-likeness (QED) is 0.464. The third-order valence-corrected chi connectivity index (χ3v) is 5.63. The summed E-state index contributed by atoms with van der Waals surface area (Å²) in [6.45, 7) is 0.490. The van der Waals surface area contributed by atoms with Gasteiger partial charge in [-0.05, 0) is 52.4 Å². The zero-order chi connectivity index (χ0) is 19.3. The van der Waals surface area contributed by atoms with Crippen LogP contribution in [0.3, 0.4) is 0 Å². The van der Waals surface area contributed by atoms with E-state index in [1.807, 2.05) is 58.6 Å². The average Bonchev–Trinajstić information content (AvgIpc) is 3.48. The number of hydrogen-bond acceptors (Lipinski definition) is 7. The van der Waals surface area contributed by atoms with Gasteiger partial charge in [-0.2, -0.15) is 16.1 Å². The van der Waals surface area contributed by atoms with Gasteiger partial charge in [0.1, 0.15) is 12.3 Å². The van der Waals surface area contributed by atoms with E-state index >= 15 is 0 Å². The van der Waals surface area contributed by atoms with E-state index in [1.54, 1.807) is 34.7 Å². The highest BCUT2D eigenvalue weighted by Gasteiger charge is 2.19. The Balaban J connectivity index is 1.55. The van der Waals surface area contributed by atoms with Gasteiger partial charge in [0, 0.05) is 21.5 Å². The van der Waals surface area contributed by atoms with E-state index < -0.39 is 0 Å². The van der Waals surface area contributed by atoms with E-state index in [0.29, 0.717) is 12.4 Å². The van der Waals surface area contributed by atoms with Gasteiger partial charge in [-0.1, -0.05) is 6.07 Å². The van der Waals surface area contributed by atoms with Crippen LogP contribution in [0.15, 0.2) is 58.6 Å². The molecule has 0 saturated carbocycles. The normalized spacial score (nSPS) is 10.8. The van der Waals surface area contributed by atoms with Crippen LogP contribution in [-0.2, 0) is 17.9 Å². The molecular formula is C19H17N5O2S2. The number of tetrazole rings is 1. The first-order chi connectivity index (χ1) is 13.7. The van der Waals surface area contributed by atoms with Gasteiger partial charge in [0.2, 0.25) is 5.82 Å². The summed E-state index contributed by atoms with van der Waals surface area (Å²) in [4.78, 5) is 17.2. The van der Waals surface area contributed by atoms with Crippen LogP contribution in [-0.4, -0.2) is 33.2 Å². The van der Waals surface area contributed by atoms with Crippen LogP contribution in [0.5, 0.6) is 5.75 Å². The molecule has 1 amide bonds. The Morgan fingerprint density at radius 3 is 2.71 bits per heavy atom. The van der Waals surface area contributed by atoms with E-state index in [2.05, 4.69) is 15.4 Å². The molecule has 0 bridgehead atoms. The Hall–Kier alpha value is -3.04. The third kappa shape index (κ3) is 4.10. The summed E-state index contributed by atoms with van der Waals surface area (Å²) in [6, 6.07) is 13.3. The largest absolute Gasteiger partial charge is 0.497 e. The Morgan fingerprint density at radius 2 is 2.04 bits per heavy atom. The zero-order valence-corrected chi connectivity index (χ0v) is 16.7. The fraction of sp³-hybridized carbons (Fsp3) is 0.158. The maximum Gasteiger partial charge on any atom is 0.250 e. The van der Waals surface area contributed by atoms with Gasteiger partial charge in [0.25, 0.3) is 5.91 Å². The number of carbonyl (C=O) groups excluding carboxylic acids is 1. The second kappa shape index (κ2) is 8.32. The lowest BCUT2D eigenvalue weighted by molar-refractivity contribution is -0.119. The molecule has 0 N–H and O–H groups in total. The smallest absolute Gasteiger partial charge is 0.250 e. The van der Waals surface area contributed by atoms with Crippen LogP contribution in [0.25, 0.3) is 11.4 Å². The Bertz CT molecular complexity index is 1030. The number of thiophene rings is 2. The second-order valence-electron chi connectivity index (χ2n) is 5.91. The van der Waals surface area contributed by atoms with Crippen LogP contribution >= 0.6 is 22.7 Å². The molecule has 3 aromatic heterocycles. The van der Waals surface area contributed by atoms with E-state index in [4.69, 9.17) is 4.74 Å². The SMILES string of the molecule is COc1ccc(N(Cc2cccs2)C(=O)Cn2nnc(-c3ccsc3)n2)cc1. The standard InChI is InChI=1S/C19H17N5O2S2/c1-26-16-6-4-15(5-7-16)23(11-17-3-2-9-28-17)18(25)12-24-21-19(20-22-24)14-8-10-27-13-14/h2-10,13H,11-12H2,1H3. The number of hydrogen-bond donors (Lipinski definition) is 0. The summed E-state index contributed by atoms with van der Waals surface area (Å²) in [5.74, 6) is 1.14. The lowest BCUT2D eigenvalue weighted by Crippen LogP contribution is -2.33. The molecule has 1 aromatic carbocycles. The Morgan fingerprint density at radius 1 is 1.18 bits per heavy atom. The van der Waals surface area contributed by atoms with Crippen molar-refractivity contribution in [2.45, 2.75) is 13.1 Å². The maximum atomic E-state index is 13.1. The molecule has 28 heavy (non-hydrogen) atoms. The first-order valence-electron chi connectivity index (χ1n) is 8.50. The minimum Gasteiger partial charge on any atom is -0.497 e. The molecule has 0 unspecified atom stereocenters. The number of ether oxygens (including phenoxy) is 1. The molecule has 0 aliphatic rings. The molecule has 3 heterocycles. The van der Waals surface area contributed by atoms with Crippen molar-refractivity contribution >= 4 is 34.3 Å². The van der Waals surface area contributed by atoms with E-state index in [0.717, 1.165) is 21.9 Å². The molecule has 7 nitrogen and oxygen atoms in total. The van der Waals surface area contributed by atoms with Crippen LogP contribution in [0.4, 0.5) is 5.69 Å². The minimum atomic E-state index is -0.118. The van der Waals surface area contributed by atoms with Crippen LogP contribution in [0.2, 0.25) is 0 Å². The number of rotatable bonds is 7. The molecule has 4 rings (SSSR count). The molecule has 0 radical (unpaired) electrons. The van der Waals surface area contributed by atoms with Crippen LogP contribution < -0.4 is 9.64 Å². The van der Waals surface area contributed by atoms with Crippen molar-refractivity contribution in [2.75, 3.05) is 12.0 Å². The Kier molecular flexibility index (Phi) is 5.45. The van der Waals surface area contributed by atoms with Crippen LogP contribution in [0, 0.1) is 0 Å². The highest BCUT2D eigenvalue weighted by Crippen LogP contribution is 2.23. The zero-order valence-electron chi connectivity index (χ0n) is 15.1. The van der Waals surface area contributed by atoms with Crippen molar-refractivity contribution in [3.63, 3.8) is 0 Å². The van der Waals surface area contributed by atoms with Gasteiger partial charge < -0.3 is 9.64 Å². The van der Waals surface area contributed by atoms with Crippen LogP contribution in [0.1, 0.15) is 4.88 Å². The number of methoxy groups -OCH3 is 1. The summed E-state index contributed by atoms with van der Waals surface area (Å²) < 4.78 is 5.22. The van der Waals surface area contributed by atoms with E-state index in [9.17, 15) is 4.79 Å². The molecule has 0 fully saturated rings. The maximum absolute atomic E-state index is 13.1. The van der Waals surface area contributed by atoms with Crippen molar-refractivity contribution in [3.8, 4) is 17.1 Å². The number of nitrogens with zero attached hydrogens (tertiary/aromatic N) is 5. The average molecular weight is 412 g/mol. The summed E-state index contributed by atoms with van der Waals surface area (Å²) in [7, 11) is 1.62. The molecule has 0 atom stereocenters. The molecule has 0 saturated heterocycles. The van der Waals surface area contributed by atoms with Crippen molar-refractivity contribution < 1.29 is 9.53 Å². The van der Waals surface area contributed by atoms with Gasteiger partial charge in [-0.15, -0.1) is 21.5 Å². The van der Waals surface area contributed by atoms with Gasteiger partial charge >= 0.3 is 0 Å². The van der Waals surface area contributed by atoms with Crippen molar-refractivity contribution in [1.82, 2.24) is 20.2 Å². The molecular weight excluding hydrogens is 394 g/mol. The molecule has 9 heteroatoms. The lowest BCUT2D eigenvalue weighted by Gasteiger charge is -2.22. The highest BCUT2D eigenvalue weighted by atomic mass is 32.1. The predicted octanol–water partition coefficient (Wildman–Crippen LogP) is 3.71. The number of anilines is 1. The molecule has 0 aliphatic carbocycles. The fourth-order valence-corrected chi connectivity index (χ4v) is 3.99. The lowest BCUT2D eigenvalue weighted by atomic mass is 10.2. The minimum absolute atomic E-state index is 0.00847. The topological polar surface area (TPSA) is 73.1 Å². The third-order valence-electron chi connectivity index (χ3n) is 4.09. The highest BCUT2D eigenvalue weighted by molar-refractivity contribution is 7.10. The number of benzene rings is 1. The number of amides is 1. The Labute approximate surface area is 169 Å². The first-order valence-corrected chi connectivity index (χ1v) is 10.3. The monoisotopic (exact) mass is 411 g/mol. The number of aromatic nitrogens is 4. The second-order valence-corrected chi connectivity index (χ2v) is 7.73. The van der Waals surface area contributed by atoms with E-state index in [-0.39, 0.29) is 12.5 Å². The van der Waals surface area contributed by atoms with Gasteiger partial charge in [-0.3, -0.25) is 4.79 Å². The summed E-state index contributed by atoms with van der Waals surface area (Å²) in [5.41, 5.74) is 1.69. The van der Waals surface area contributed by atoms with E-state index in [1.165, 1.54) is 4.80 Å². The summed E-state index contributed by atoms with van der Waals surface area (Å²) >= 11 is 3.18. The molecule has 0 spiro atoms.